The maximum Gasteiger partial charge on any atom is -0.0351 e. The highest BCUT2D eigenvalue weighted by molar-refractivity contribution is 4.76. The van der Waals surface area contributed by atoms with Crippen LogP contribution in [0.2, 0.25) is 0 Å². The van der Waals surface area contributed by atoms with Crippen molar-refractivity contribution in [2.45, 2.75) is 46.0 Å². The second-order valence-corrected chi connectivity index (χ2v) is 3.25. The SMILES string of the molecule is [CH2]CC(C)CCCC/C=C\C. The molecule has 0 aliphatic carbocycles. The van der Waals surface area contributed by atoms with Crippen LogP contribution in [0.25, 0.3) is 0 Å². The molecule has 0 aromatic rings. The minimum Gasteiger partial charge on any atom is -0.0917 e. The normalized spacial score (nSPS) is 14.1. The Morgan fingerprint density at radius 2 is 2.09 bits per heavy atom. The average molecular weight is 153 g/mol. The topological polar surface area (TPSA) is 0 Å². The van der Waals surface area contributed by atoms with Crippen LogP contribution in [0.15, 0.2) is 12.2 Å². The van der Waals surface area contributed by atoms with Crippen LogP contribution in [0.1, 0.15) is 46.0 Å². The van der Waals surface area contributed by atoms with E-state index in [1.807, 2.05) is 0 Å². The molecule has 0 bridgehead atoms. The molecule has 0 N–H and O–H groups in total. The van der Waals surface area contributed by atoms with Crippen molar-refractivity contribution in [3.05, 3.63) is 19.1 Å². The highest BCUT2D eigenvalue weighted by Gasteiger charge is 1.96. The summed E-state index contributed by atoms with van der Waals surface area (Å²) in [6, 6.07) is 0. The van der Waals surface area contributed by atoms with Gasteiger partial charge in [0.1, 0.15) is 0 Å². The molecular weight excluding hydrogens is 132 g/mol. The molecule has 0 amide bonds. The van der Waals surface area contributed by atoms with Crippen molar-refractivity contribution in [3.8, 4) is 0 Å². The predicted molar refractivity (Wildman–Crippen MR) is 52.4 cm³/mol. The fourth-order valence-electron chi connectivity index (χ4n) is 1.07. The molecule has 0 aliphatic rings. The maximum absolute atomic E-state index is 3.89. The maximum atomic E-state index is 3.89. The standard InChI is InChI=1S/C11H21/c1-4-6-7-8-9-10-11(3)5-2/h4,6,11H,2,5,7-10H2,1,3H3/b6-4-. The molecule has 1 unspecified atom stereocenters. The van der Waals surface area contributed by atoms with E-state index in [1.165, 1.54) is 25.7 Å². The van der Waals surface area contributed by atoms with Gasteiger partial charge in [-0.3, -0.25) is 0 Å². The fraction of sp³-hybridized carbons (Fsp3) is 0.727. The molecule has 0 heteroatoms. The monoisotopic (exact) mass is 153 g/mol. The zero-order valence-electron chi connectivity index (χ0n) is 7.97. The first kappa shape index (κ1) is 10.7. The molecule has 0 saturated carbocycles. The van der Waals surface area contributed by atoms with Crippen molar-refractivity contribution >= 4 is 0 Å². The van der Waals surface area contributed by atoms with E-state index in [0.29, 0.717) is 0 Å². The Morgan fingerprint density at radius 1 is 1.36 bits per heavy atom. The quantitative estimate of drug-likeness (QED) is 0.400. The average Bonchev–Trinajstić information content (AvgIpc) is 2.04. The summed E-state index contributed by atoms with van der Waals surface area (Å²) in [5.74, 6) is 0.820. The van der Waals surface area contributed by atoms with Gasteiger partial charge in [0.25, 0.3) is 0 Å². The van der Waals surface area contributed by atoms with Gasteiger partial charge < -0.3 is 0 Å². The van der Waals surface area contributed by atoms with Crippen LogP contribution in [0.3, 0.4) is 0 Å². The first-order chi connectivity index (χ1) is 5.31. The summed E-state index contributed by atoms with van der Waals surface area (Å²) in [4.78, 5) is 0. The van der Waals surface area contributed by atoms with Crippen molar-refractivity contribution in [2.24, 2.45) is 5.92 Å². The summed E-state index contributed by atoms with van der Waals surface area (Å²) in [5.41, 5.74) is 0. The van der Waals surface area contributed by atoms with Crippen LogP contribution in [0.5, 0.6) is 0 Å². The summed E-state index contributed by atoms with van der Waals surface area (Å²) >= 11 is 0. The lowest BCUT2D eigenvalue weighted by Crippen LogP contribution is -1.91. The van der Waals surface area contributed by atoms with Gasteiger partial charge in [0.05, 0.1) is 0 Å². The second-order valence-electron chi connectivity index (χ2n) is 3.25. The number of unbranched alkanes of at least 4 members (excludes halogenated alkanes) is 2. The Balaban J connectivity index is 3.01. The lowest BCUT2D eigenvalue weighted by molar-refractivity contribution is 0.504. The summed E-state index contributed by atoms with van der Waals surface area (Å²) < 4.78 is 0. The summed E-state index contributed by atoms with van der Waals surface area (Å²) in [7, 11) is 0. The molecule has 65 valence electrons. The highest BCUT2D eigenvalue weighted by Crippen LogP contribution is 2.11. The van der Waals surface area contributed by atoms with Gasteiger partial charge in [0.15, 0.2) is 0 Å². The number of hydrogen-bond acceptors (Lipinski definition) is 0. The number of rotatable bonds is 6. The van der Waals surface area contributed by atoms with Crippen LogP contribution in [0, 0.1) is 12.8 Å². The van der Waals surface area contributed by atoms with Gasteiger partial charge in [0.2, 0.25) is 0 Å². The Labute approximate surface area is 71.7 Å². The van der Waals surface area contributed by atoms with Crippen molar-refractivity contribution in [3.63, 3.8) is 0 Å². The second kappa shape index (κ2) is 7.84. The van der Waals surface area contributed by atoms with Gasteiger partial charge in [-0.1, -0.05) is 45.3 Å². The molecule has 1 radical (unpaired) electrons. The molecule has 0 saturated heterocycles. The zero-order chi connectivity index (χ0) is 8.53. The van der Waals surface area contributed by atoms with Gasteiger partial charge in [-0.15, -0.1) is 0 Å². The van der Waals surface area contributed by atoms with Crippen LogP contribution in [-0.4, -0.2) is 0 Å². The van der Waals surface area contributed by atoms with E-state index in [0.717, 1.165) is 12.3 Å². The Morgan fingerprint density at radius 3 is 2.64 bits per heavy atom. The molecule has 0 nitrogen and oxygen atoms in total. The van der Waals surface area contributed by atoms with E-state index in [-0.39, 0.29) is 0 Å². The van der Waals surface area contributed by atoms with Gasteiger partial charge in [-0.25, -0.2) is 0 Å². The summed E-state index contributed by atoms with van der Waals surface area (Å²) in [6.45, 7) is 8.25. The number of hydrogen-bond donors (Lipinski definition) is 0. The van der Waals surface area contributed by atoms with E-state index in [9.17, 15) is 0 Å². The fourth-order valence-corrected chi connectivity index (χ4v) is 1.07. The summed E-state index contributed by atoms with van der Waals surface area (Å²) in [5, 5.41) is 0. The highest BCUT2D eigenvalue weighted by atomic mass is 14.0. The van der Waals surface area contributed by atoms with Crippen molar-refractivity contribution < 1.29 is 0 Å². The third-order valence-corrected chi connectivity index (χ3v) is 2.05. The van der Waals surface area contributed by atoms with E-state index < -0.39 is 0 Å². The van der Waals surface area contributed by atoms with Gasteiger partial charge in [-0.2, -0.15) is 0 Å². The molecule has 0 aromatic carbocycles. The van der Waals surface area contributed by atoms with Crippen LogP contribution in [-0.2, 0) is 0 Å². The van der Waals surface area contributed by atoms with E-state index in [2.05, 4.69) is 32.9 Å². The van der Waals surface area contributed by atoms with E-state index in [1.54, 1.807) is 0 Å². The third kappa shape index (κ3) is 7.64. The molecule has 0 heterocycles. The van der Waals surface area contributed by atoms with Gasteiger partial charge in [0, 0.05) is 0 Å². The largest absolute Gasteiger partial charge is 0.0917 e. The Bertz CT molecular complexity index is 92.2. The van der Waals surface area contributed by atoms with E-state index in [4.69, 9.17) is 0 Å². The molecule has 0 rings (SSSR count). The molecule has 0 fully saturated rings. The third-order valence-electron chi connectivity index (χ3n) is 2.05. The first-order valence-corrected chi connectivity index (χ1v) is 4.71. The number of allylic oxidation sites excluding steroid dienone is 2. The first-order valence-electron chi connectivity index (χ1n) is 4.71. The smallest absolute Gasteiger partial charge is 0.0351 e. The lowest BCUT2D eigenvalue weighted by atomic mass is 10.0. The van der Waals surface area contributed by atoms with Crippen molar-refractivity contribution in [1.29, 1.82) is 0 Å². The van der Waals surface area contributed by atoms with Gasteiger partial charge in [-0.05, 0) is 25.7 Å². The Kier molecular flexibility index (Phi) is 7.66. The van der Waals surface area contributed by atoms with Crippen LogP contribution >= 0.6 is 0 Å². The summed E-state index contributed by atoms with van der Waals surface area (Å²) in [6.07, 6.45) is 10.8. The predicted octanol–water partition coefficient (Wildman–Crippen LogP) is 3.98. The van der Waals surface area contributed by atoms with Crippen LogP contribution < -0.4 is 0 Å². The minimum atomic E-state index is 0.820. The minimum absolute atomic E-state index is 0.820. The van der Waals surface area contributed by atoms with E-state index >= 15 is 0 Å². The van der Waals surface area contributed by atoms with Crippen molar-refractivity contribution in [2.75, 3.05) is 0 Å². The van der Waals surface area contributed by atoms with Crippen LogP contribution in [0.4, 0.5) is 0 Å². The molecule has 0 spiro atoms. The molecular formula is C11H21. The molecule has 0 aromatic heterocycles. The molecule has 1 atom stereocenters. The van der Waals surface area contributed by atoms with Crippen molar-refractivity contribution in [1.82, 2.24) is 0 Å². The van der Waals surface area contributed by atoms with Gasteiger partial charge >= 0.3 is 0 Å². The Hall–Kier alpha value is -0.260. The molecule has 0 aliphatic heterocycles. The lowest BCUT2D eigenvalue weighted by Gasteiger charge is -2.05. The zero-order valence-corrected chi connectivity index (χ0v) is 7.97. The molecule has 11 heavy (non-hydrogen) atoms.